The zero-order valence-electron chi connectivity index (χ0n) is 22.1. The number of anilines is 3. The van der Waals surface area contributed by atoms with Gasteiger partial charge in [-0.15, -0.1) is 23.8 Å². The summed E-state index contributed by atoms with van der Waals surface area (Å²) < 4.78 is 0. The standard InChI is InChI=1S/C35H26N3O.Pt/c1-35(2)27-12-6-7-13-30(27)38(33-20-17-26(22-36-33)23-9-4-3-5-10-23)31-21-25(15-18-28(31)35)29-19-16-24-11-8-14-32(39)34(24)37-29;/h3-20,22,39H,1-2H3;/q-1;. The molecule has 0 unspecified atom stereocenters. The Labute approximate surface area is 248 Å². The van der Waals surface area contributed by atoms with E-state index in [9.17, 15) is 5.11 Å². The molecule has 1 aliphatic rings. The minimum absolute atomic E-state index is 0. The van der Waals surface area contributed by atoms with Gasteiger partial charge in [-0.2, -0.15) is 0 Å². The minimum Gasteiger partial charge on any atom is -0.506 e. The summed E-state index contributed by atoms with van der Waals surface area (Å²) in [6.45, 7) is 4.52. The van der Waals surface area contributed by atoms with Gasteiger partial charge in [-0.25, -0.2) is 4.98 Å². The smallest absolute Gasteiger partial charge is 0.140 e. The van der Waals surface area contributed by atoms with Crippen molar-refractivity contribution in [1.29, 1.82) is 0 Å². The predicted molar refractivity (Wildman–Crippen MR) is 158 cm³/mol. The van der Waals surface area contributed by atoms with Crippen LogP contribution in [0.5, 0.6) is 5.75 Å². The first-order valence-electron chi connectivity index (χ1n) is 13.1. The van der Waals surface area contributed by atoms with E-state index in [1.807, 2.05) is 48.7 Å². The first-order chi connectivity index (χ1) is 19.0. The molecule has 0 radical (unpaired) electrons. The molecule has 7 rings (SSSR count). The van der Waals surface area contributed by atoms with Gasteiger partial charge in [0.25, 0.3) is 0 Å². The quantitative estimate of drug-likeness (QED) is 0.188. The molecule has 0 fully saturated rings. The molecule has 0 saturated carbocycles. The van der Waals surface area contributed by atoms with Gasteiger partial charge >= 0.3 is 0 Å². The van der Waals surface area contributed by atoms with Crippen LogP contribution >= 0.6 is 0 Å². The van der Waals surface area contributed by atoms with E-state index >= 15 is 0 Å². The fraction of sp³-hybridized carbons (Fsp3) is 0.0857. The average molecular weight is 700 g/mol. The number of hydrogen-bond acceptors (Lipinski definition) is 4. The predicted octanol–water partition coefficient (Wildman–Crippen LogP) is 8.58. The summed E-state index contributed by atoms with van der Waals surface area (Å²) in [5, 5.41) is 11.3. The fourth-order valence-electron chi connectivity index (χ4n) is 5.61. The van der Waals surface area contributed by atoms with Gasteiger partial charge in [0, 0.05) is 43.9 Å². The van der Waals surface area contributed by atoms with Crippen LogP contribution in [0.4, 0.5) is 17.2 Å². The van der Waals surface area contributed by atoms with Gasteiger partial charge in [0.1, 0.15) is 17.1 Å². The molecule has 0 aliphatic carbocycles. The Bertz CT molecular complexity index is 1850. The molecule has 4 nitrogen and oxygen atoms in total. The topological polar surface area (TPSA) is 49.3 Å². The third-order valence-corrected chi connectivity index (χ3v) is 7.70. The molecule has 1 aliphatic heterocycles. The molecule has 0 amide bonds. The van der Waals surface area contributed by atoms with E-state index in [0.29, 0.717) is 5.52 Å². The molecule has 4 aromatic carbocycles. The number of pyridine rings is 2. The number of rotatable bonds is 3. The molecular formula is C35H26N3OPt-. The third-order valence-electron chi connectivity index (χ3n) is 7.70. The van der Waals surface area contributed by atoms with Gasteiger partial charge in [-0.05, 0) is 52.2 Å². The Balaban J connectivity index is 0.00000289. The van der Waals surface area contributed by atoms with Gasteiger partial charge < -0.3 is 10.0 Å². The van der Waals surface area contributed by atoms with Crippen LogP contribution in [-0.4, -0.2) is 15.1 Å². The van der Waals surface area contributed by atoms with Crippen molar-refractivity contribution in [2.45, 2.75) is 19.3 Å². The maximum atomic E-state index is 10.4. The number of hydrogen-bond donors (Lipinski definition) is 1. The average Bonchev–Trinajstić information content (AvgIpc) is 2.98. The number of aromatic nitrogens is 2. The first kappa shape index (κ1) is 26.0. The van der Waals surface area contributed by atoms with Crippen LogP contribution in [-0.2, 0) is 26.5 Å². The molecule has 2 aromatic heterocycles. The number of para-hydroxylation sites is 2. The molecule has 40 heavy (non-hydrogen) atoms. The Morgan fingerprint density at radius 1 is 0.725 bits per heavy atom. The molecule has 1 N–H and O–H groups in total. The van der Waals surface area contributed by atoms with E-state index in [2.05, 4.69) is 85.5 Å². The molecule has 3 heterocycles. The van der Waals surface area contributed by atoms with Crippen LogP contribution in [0.1, 0.15) is 25.0 Å². The van der Waals surface area contributed by atoms with Crippen LogP contribution in [0.2, 0.25) is 0 Å². The zero-order valence-corrected chi connectivity index (χ0v) is 24.3. The van der Waals surface area contributed by atoms with Crippen molar-refractivity contribution in [3.63, 3.8) is 0 Å². The third kappa shape index (κ3) is 4.20. The number of benzene rings is 4. The molecular weight excluding hydrogens is 673 g/mol. The number of fused-ring (bicyclic) bond motifs is 3. The van der Waals surface area contributed by atoms with E-state index in [-0.39, 0.29) is 32.2 Å². The Kier molecular flexibility index (Phi) is 6.52. The number of nitrogens with zero attached hydrogens (tertiary/aromatic N) is 3. The summed E-state index contributed by atoms with van der Waals surface area (Å²) in [6.07, 6.45) is 1.93. The number of phenols is 1. The molecule has 6 aromatic rings. The van der Waals surface area contributed by atoms with Crippen LogP contribution in [0.15, 0.2) is 115 Å². The van der Waals surface area contributed by atoms with Crippen molar-refractivity contribution in [1.82, 2.24) is 9.97 Å². The molecule has 0 atom stereocenters. The van der Waals surface area contributed by atoms with Crippen molar-refractivity contribution in [3.8, 4) is 28.1 Å². The SMILES string of the molecule is CC1(C)c2ccc(-c3ccc4cccc(O)c4n3)[c-]c2N(c2ccc(-c3ccccc3)cn2)c2ccccc21.[Pt]. The Morgan fingerprint density at radius 3 is 2.33 bits per heavy atom. The summed E-state index contributed by atoms with van der Waals surface area (Å²) in [5.74, 6) is 1.00. The summed E-state index contributed by atoms with van der Waals surface area (Å²) in [5.41, 5.74) is 8.64. The van der Waals surface area contributed by atoms with Gasteiger partial charge in [0.05, 0.1) is 0 Å². The van der Waals surface area contributed by atoms with Crippen molar-refractivity contribution >= 4 is 28.1 Å². The number of aromatic hydroxyl groups is 1. The zero-order chi connectivity index (χ0) is 26.6. The summed E-state index contributed by atoms with van der Waals surface area (Å²) in [4.78, 5) is 11.9. The largest absolute Gasteiger partial charge is 0.506 e. The summed E-state index contributed by atoms with van der Waals surface area (Å²) in [6, 6.07) is 40.4. The van der Waals surface area contributed by atoms with Crippen LogP contribution in [0.3, 0.4) is 0 Å². The molecule has 0 spiro atoms. The van der Waals surface area contributed by atoms with Gasteiger partial charge in [0.15, 0.2) is 0 Å². The van der Waals surface area contributed by atoms with Crippen molar-refractivity contribution in [2.75, 3.05) is 4.90 Å². The van der Waals surface area contributed by atoms with Crippen LogP contribution in [0, 0.1) is 6.07 Å². The second-order valence-corrected chi connectivity index (χ2v) is 10.4. The van der Waals surface area contributed by atoms with Crippen molar-refractivity contribution in [2.24, 2.45) is 0 Å². The van der Waals surface area contributed by atoms with E-state index in [0.717, 1.165) is 45.0 Å². The first-order valence-corrected chi connectivity index (χ1v) is 13.1. The fourth-order valence-corrected chi connectivity index (χ4v) is 5.61. The maximum absolute atomic E-state index is 10.4. The molecule has 0 bridgehead atoms. The molecule has 0 saturated heterocycles. The van der Waals surface area contributed by atoms with E-state index in [1.165, 1.54) is 11.1 Å². The van der Waals surface area contributed by atoms with E-state index in [4.69, 9.17) is 9.97 Å². The minimum atomic E-state index is -0.226. The van der Waals surface area contributed by atoms with Gasteiger partial charge in [0.2, 0.25) is 0 Å². The normalized spacial score (nSPS) is 13.3. The van der Waals surface area contributed by atoms with Crippen LogP contribution < -0.4 is 4.90 Å². The molecule has 5 heteroatoms. The van der Waals surface area contributed by atoms with E-state index in [1.54, 1.807) is 6.07 Å². The summed E-state index contributed by atoms with van der Waals surface area (Å²) in [7, 11) is 0. The van der Waals surface area contributed by atoms with Crippen molar-refractivity contribution in [3.05, 3.63) is 133 Å². The van der Waals surface area contributed by atoms with Gasteiger partial charge in [-0.1, -0.05) is 92.2 Å². The van der Waals surface area contributed by atoms with Gasteiger partial charge in [-0.3, -0.25) is 4.98 Å². The number of phenolic OH excluding ortho intramolecular Hbond substituents is 1. The maximum Gasteiger partial charge on any atom is 0.140 e. The Hall–Kier alpha value is -4.27. The van der Waals surface area contributed by atoms with E-state index < -0.39 is 0 Å². The monoisotopic (exact) mass is 699 g/mol. The summed E-state index contributed by atoms with van der Waals surface area (Å²) >= 11 is 0. The Morgan fingerprint density at radius 2 is 1.52 bits per heavy atom. The van der Waals surface area contributed by atoms with Crippen LogP contribution in [0.25, 0.3) is 33.3 Å². The molecule has 198 valence electrons. The second-order valence-electron chi connectivity index (χ2n) is 10.4. The van der Waals surface area contributed by atoms with Crippen molar-refractivity contribution < 1.29 is 26.2 Å². The second kappa shape index (κ2) is 10.0.